The van der Waals surface area contributed by atoms with Gasteiger partial charge in [-0.1, -0.05) is 23.8 Å². The molecule has 0 fully saturated rings. The molecule has 0 saturated heterocycles. The predicted molar refractivity (Wildman–Crippen MR) is 91.7 cm³/mol. The third-order valence-electron chi connectivity index (χ3n) is 4.08. The van der Waals surface area contributed by atoms with Crippen molar-refractivity contribution >= 4 is 32.8 Å². The van der Waals surface area contributed by atoms with Crippen molar-refractivity contribution in [3.63, 3.8) is 0 Å². The first kappa shape index (κ1) is 16.4. The molecule has 1 aromatic heterocycles. The average molecular weight is 368 g/mol. The van der Waals surface area contributed by atoms with Crippen LogP contribution in [0.1, 0.15) is 26.3 Å². The fraction of sp³-hybridized carbons (Fsp3) is 0.0556. The standard InChI is InChI=1S/C18H12N2O5S/c1-11-5-7-12(8-6-11)26(23,24)25-20-17(21)13-3-2-4-15-16(13)14(18(20)22)9-10-19-15/h2-10H,1H3. The molecular weight excluding hydrogens is 356 g/mol. The van der Waals surface area contributed by atoms with Crippen molar-refractivity contribution in [3.8, 4) is 0 Å². The van der Waals surface area contributed by atoms with E-state index in [1.165, 1.54) is 30.5 Å². The topological polar surface area (TPSA) is 93.6 Å². The van der Waals surface area contributed by atoms with Gasteiger partial charge in [0, 0.05) is 11.6 Å². The average Bonchev–Trinajstić information content (AvgIpc) is 2.63. The number of carbonyl (C=O) groups is 2. The summed E-state index contributed by atoms with van der Waals surface area (Å²) >= 11 is 0. The van der Waals surface area contributed by atoms with Gasteiger partial charge in [-0.15, -0.1) is 9.35 Å². The van der Waals surface area contributed by atoms with E-state index in [0.29, 0.717) is 10.9 Å². The van der Waals surface area contributed by atoms with Crippen molar-refractivity contribution in [2.24, 2.45) is 0 Å². The van der Waals surface area contributed by atoms with Gasteiger partial charge in [0.15, 0.2) is 0 Å². The lowest BCUT2D eigenvalue weighted by atomic mass is 9.98. The molecule has 0 unspecified atom stereocenters. The minimum absolute atomic E-state index is 0.151. The van der Waals surface area contributed by atoms with Crippen LogP contribution in [-0.4, -0.2) is 30.3 Å². The molecular formula is C18H12N2O5S. The van der Waals surface area contributed by atoms with E-state index in [-0.39, 0.29) is 21.1 Å². The van der Waals surface area contributed by atoms with Crippen LogP contribution in [0.2, 0.25) is 0 Å². The number of carbonyl (C=O) groups excluding carboxylic acids is 2. The van der Waals surface area contributed by atoms with Crippen LogP contribution in [0.15, 0.2) is 59.6 Å². The van der Waals surface area contributed by atoms with Crippen LogP contribution in [0.5, 0.6) is 0 Å². The number of pyridine rings is 1. The molecule has 2 aromatic carbocycles. The number of amides is 2. The Labute approximate surface area is 148 Å². The minimum Gasteiger partial charge on any atom is -0.266 e. The summed E-state index contributed by atoms with van der Waals surface area (Å²) in [7, 11) is -4.35. The number of benzene rings is 2. The molecule has 0 radical (unpaired) electrons. The molecule has 0 bridgehead atoms. The quantitative estimate of drug-likeness (QED) is 0.659. The number of nitrogens with zero attached hydrogens (tertiary/aromatic N) is 2. The second kappa shape index (κ2) is 5.72. The summed E-state index contributed by atoms with van der Waals surface area (Å²) in [6.07, 6.45) is 1.42. The largest absolute Gasteiger partial charge is 0.318 e. The molecule has 2 amide bonds. The Bertz CT molecular complexity index is 1120. The molecule has 3 aromatic rings. The monoisotopic (exact) mass is 368 g/mol. The zero-order chi connectivity index (χ0) is 18.5. The van der Waals surface area contributed by atoms with Crippen molar-refractivity contribution in [1.82, 2.24) is 10.0 Å². The zero-order valence-corrected chi connectivity index (χ0v) is 14.4. The Morgan fingerprint density at radius 2 is 1.58 bits per heavy atom. The van der Waals surface area contributed by atoms with E-state index in [2.05, 4.69) is 4.98 Å². The zero-order valence-electron chi connectivity index (χ0n) is 13.5. The Morgan fingerprint density at radius 1 is 0.923 bits per heavy atom. The normalized spacial score (nSPS) is 14.1. The van der Waals surface area contributed by atoms with Gasteiger partial charge in [-0.25, -0.2) is 0 Å². The molecule has 1 aliphatic heterocycles. The van der Waals surface area contributed by atoms with E-state index in [4.69, 9.17) is 4.28 Å². The molecule has 26 heavy (non-hydrogen) atoms. The SMILES string of the molecule is Cc1ccc(S(=O)(=O)ON2C(=O)c3cccc4nccc(c34)C2=O)cc1. The van der Waals surface area contributed by atoms with E-state index >= 15 is 0 Å². The highest BCUT2D eigenvalue weighted by atomic mass is 32.2. The summed E-state index contributed by atoms with van der Waals surface area (Å²) in [5.74, 6) is -1.70. The molecule has 8 heteroatoms. The van der Waals surface area contributed by atoms with Crippen molar-refractivity contribution in [2.45, 2.75) is 11.8 Å². The van der Waals surface area contributed by atoms with Crippen molar-refractivity contribution < 1.29 is 22.3 Å². The van der Waals surface area contributed by atoms with Gasteiger partial charge in [-0.05, 0) is 37.3 Å². The van der Waals surface area contributed by atoms with Gasteiger partial charge in [-0.2, -0.15) is 8.42 Å². The maximum Gasteiger partial charge on any atom is 0.318 e. The Morgan fingerprint density at radius 3 is 2.27 bits per heavy atom. The van der Waals surface area contributed by atoms with Crippen molar-refractivity contribution in [1.29, 1.82) is 0 Å². The summed E-state index contributed by atoms with van der Waals surface area (Å²) in [5, 5.41) is 0.671. The van der Waals surface area contributed by atoms with Crippen LogP contribution < -0.4 is 0 Å². The third kappa shape index (κ3) is 2.47. The highest BCUT2D eigenvalue weighted by Gasteiger charge is 2.37. The fourth-order valence-electron chi connectivity index (χ4n) is 2.79. The number of aryl methyl sites for hydroxylation is 1. The molecule has 0 aliphatic carbocycles. The molecule has 0 N–H and O–H groups in total. The van der Waals surface area contributed by atoms with Crippen LogP contribution >= 0.6 is 0 Å². The Hall–Kier alpha value is -3.10. The van der Waals surface area contributed by atoms with Crippen LogP contribution in [0.25, 0.3) is 10.9 Å². The van der Waals surface area contributed by atoms with Gasteiger partial charge in [0.25, 0.3) is 11.8 Å². The number of imide groups is 1. The highest BCUT2D eigenvalue weighted by Crippen LogP contribution is 2.30. The van der Waals surface area contributed by atoms with E-state index in [1.54, 1.807) is 31.2 Å². The lowest BCUT2D eigenvalue weighted by molar-refractivity contribution is -0.0155. The lowest BCUT2D eigenvalue weighted by Crippen LogP contribution is -2.41. The molecule has 2 heterocycles. The first-order chi connectivity index (χ1) is 12.4. The molecule has 4 rings (SSSR count). The van der Waals surface area contributed by atoms with Gasteiger partial charge < -0.3 is 0 Å². The van der Waals surface area contributed by atoms with E-state index in [9.17, 15) is 18.0 Å². The number of hydroxylamine groups is 2. The van der Waals surface area contributed by atoms with Crippen molar-refractivity contribution in [3.05, 3.63) is 71.4 Å². The summed E-state index contributed by atoms with van der Waals surface area (Å²) in [6.45, 7) is 1.81. The van der Waals surface area contributed by atoms with Gasteiger partial charge in [0.2, 0.25) is 0 Å². The Balaban J connectivity index is 1.78. The lowest BCUT2D eigenvalue weighted by Gasteiger charge is -2.24. The molecule has 7 nitrogen and oxygen atoms in total. The molecule has 0 atom stereocenters. The molecule has 1 aliphatic rings. The molecule has 130 valence electrons. The number of rotatable bonds is 3. The first-order valence-corrected chi connectivity index (χ1v) is 9.07. The molecule has 0 saturated carbocycles. The second-order valence-electron chi connectivity index (χ2n) is 5.80. The second-order valence-corrected chi connectivity index (χ2v) is 7.33. The van der Waals surface area contributed by atoms with E-state index in [0.717, 1.165) is 5.56 Å². The number of aromatic nitrogens is 1. The Kier molecular flexibility index (Phi) is 3.60. The minimum atomic E-state index is -4.35. The molecule has 0 spiro atoms. The summed E-state index contributed by atoms with van der Waals surface area (Å²) < 4.78 is 29.9. The summed E-state index contributed by atoms with van der Waals surface area (Å²) in [4.78, 5) is 29.3. The van der Waals surface area contributed by atoms with Gasteiger partial charge in [0.05, 0.1) is 21.5 Å². The smallest absolute Gasteiger partial charge is 0.266 e. The van der Waals surface area contributed by atoms with Crippen LogP contribution in [0.3, 0.4) is 0 Å². The number of hydrogen-bond donors (Lipinski definition) is 0. The summed E-state index contributed by atoms with van der Waals surface area (Å²) in [5.41, 5.74) is 1.65. The van der Waals surface area contributed by atoms with Crippen LogP contribution in [0, 0.1) is 6.92 Å². The van der Waals surface area contributed by atoms with Crippen molar-refractivity contribution in [2.75, 3.05) is 0 Å². The maximum absolute atomic E-state index is 12.7. The maximum atomic E-state index is 12.7. The summed E-state index contributed by atoms with van der Waals surface area (Å²) in [6, 6.07) is 12.1. The van der Waals surface area contributed by atoms with Gasteiger partial charge >= 0.3 is 10.1 Å². The first-order valence-electron chi connectivity index (χ1n) is 7.66. The van der Waals surface area contributed by atoms with Crippen LogP contribution in [0.4, 0.5) is 0 Å². The number of hydrogen-bond acceptors (Lipinski definition) is 6. The van der Waals surface area contributed by atoms with E-state index < -0.39 is 21.9 Å². The van der Waals surface area contributed by atoms with Gasteiger partial charge in [-0.3, -0.25) is 14.6 Å². The predicted octanol–water partition coefficient (Wildman–Crippen LogP) is 2.46. The highest BCUT2D eigenvalue weighted by molar-refractivity contribution is 7.86. The van der Waals surface area contributed by atoms with Crippen LogP contribution in [-0.2, 0) is 14.4 Å². The van der Waals surface area contributed by atoms with E-state index in [1.807, 2.05) is 0 Å². The third-order valence-corrected chi connectivity index (χ3v) is 5.27. The van der Waals surface area contributed by atoms with Gasteiger partial charge in [0.1, 0.15) is 0 Å². The fourth-order valence-corrected chi connectivity index (χ4v) is 3.67.